The number of hydrogen-bond acceptors (Lipinski definition) is 4. The van der Waals surface area contributed by atoms with Gasteiger partial charge in [-0.05, 0) is 35.4 Å². The van der Waals surface area contributed by atoms with E-state index in [4.69, 9.17) is 16.3 Å². The molecule has 1 amide bonds. The Kier molecular flexibility index (Phi) is 7.44. The van der Waals surface area contributed by atoms with E-state index >= 15 is 0 Å². The molecular weight excluding hydrogens is 376 g/mol. The number of sulfonamides is 1. The van der Waals surface area contributed by atoms with E-state index in [2.05, 4.69) is 10.0 Å². The standard InChI is InChI=1S/C18H21ClN2O4S/c1-25-11-10-20-18(22)12-14-4-8-17(9-5-14)21-26(23,24)13-15-2-6-16(19)7-3-15/h2-9,21H,10-13H2,1H3,(H,20,22). The van der Waals surface area contributed by atoms with Gasteiger partial charge in [0, 0.05) is 24.4 Å². The van der Waals surface area contributed by atoms with Crippen LogP contribution in [0, 0.1) is 0 Å². The van der Waals surface area contributed by atoms with E-state index in [9.17, 15) is 13.2 Å². The fourth-order valence-electron chi connectivity index (χ4n) is 2.25. The van der Waals surface area contributed by atoms with Crippen LogP contribution in [-0.4, -0.2) is 34.6 Å². The molecule has 0 heterocycles. The molecule has 0 aliphatic carbocycles. The highest BCUT2D eigenvalue weighted by molar-refractivity contribution is 7.91. The van der Waals surface area contributed by atoms with Crippen molar-refractivity contribution in [3.05, 3.63) is 64.7 Å². The van der Waals surface area contributed by atoms with Crippen molar-refractivity contribution in [1.29, 1.82) is 0 Å². The minimum atomic E-state index is -3.54. The Morgan fingerprint density at radius 2 is 1.65 bits per heavy atom. The number of hydrogen-bond donors (Lipinski definition) is 2. The lowest BCUT2D eigenvalue weighted by Crippen LogP contribution is -2.28. The number of anilines is 1. The quantitative estimate of drug-likeness (QED) is 0.638. The highest BCUT2D eigenvalue weighted by Crippen LogP contribution is 2.16. The molecule has 0 fully saturated rings. The van der Waals surface area contributed by atoms with Crippen molar-refractivity contribution in [1.82, 2.24) is 5.32 Å². The summed E-state index contributed by atoms with van der Waals surface area (Å²) in [6.45, 7) is 0.915. The van der Waals surface area contributed by atoms with E-state index in [0.717, 1.165) is 5.56 Å². The van der Waals surface area contributed by atoms with Crippen LogP contribution in [0.3, 0.4) is 0 Å². The molecule has 0 saturated heterocycles. The van der Waals surface area contributed by atoms with Crippen molar-refractivity contribution < 1.29 is 17.9 Å². The number of carbonyl (C=O) groups is 1. The fourth-order valence-corrected chi connectivity index (χ4v) is 3.57. The van der Waals surface area contributed by atoms with Crippen molar-refractivity contribution in [2.24, 2.45) is 0 Å². The first-order chi connectivity index (χ1) is 12.4. The van der Waals surface area contributed by atoms with Gasteiger partial charge in [-0.3, -0.25) is 9.52 Å². The topological polar surface area (TPSA) is 84.5 Å². The van der Waals surface area contributed by atoms with Crippen molar-refractivity contribution in [2.45, 2.75) is 12.2 Å². The van der Waals surface area contributed by atoms with Crippen LogP contribution in [0.1, 0.15) is 11.1 Å². The minimum absolute atomic E-state index is 0.113. The zero-order chi connectivity index (χ0) is 19.0. The number of halogens is 1. The highest BCUT2D eigenvalue weighted by Gasteiger charge is 2.12. The number of methoxy groups -OCH3 is 1. The molecule has 0 atom stereocenters. The lowest BCUT2D eigenvalue weighted by molar-refractivity contribution is -0.120. The van der Waals surface area contributed by atoms with Gasteiger partial charge in [-0.1, -0.05) is 35.9 Å². The molecule has 140 valence electrons. The summed E-state index contributed by atoms with van der Waals surface area (Å²) in [5, 5.41) is 3.29. The van der Waals surface area contributed by atoms with Gasteiger partial charge in [0.05, 0.1) is 18.8 Å². The SMILES string of the molecule is COCCNC(=O)Cc1ccc(NS(=O)(=O)Cc2ccc(Cl)cc2)cc1. The van der Waals surface area contributed by atoms with Gasteiger partial charge in [-0.25, -0.2) is 8.42 Å². The average molecular weight is 397 g/mol. The summed E-state index contributed by atoms with van der Waals surface area (Å²) in [5.41, 5.74) is 1.88. The van der Waals surface area contributed by atoms with Gasteiger partial charge in [0.15, 0.2) is 0 Å². The molecule has 0 aliphatic rings. The molecular formula is C18H21ClN2O4S. The van der Waals surface area contributed by atoms with E-state index in [0.29, 0.717) is 29.4 Å². The lowest BCUT2D eigenvalue weighted by atomic mass is 10.1. The summed E-state index contributed by atoms with van der Waals surface area (Å²) in [5.74, 6) is -0.258. The normalized spacial score (nSPS) is 11.2. The number of benzene rings is 2. The third-order valence-electron chi connectivity index (χ3n) is 3.49. The Labute approximate surface area is 158 Å². The van der Waals surface area contributed by atoms with Crippen LogP contribution in [0.15, 0.2) is 48.5 Å². The Bertz CT molecular complexity index is 821. The molecule has 8 heteroatoms. The molecule has 0 aromatic heterocycles. The van der Waals surface area contributed by atoms with Gasteiger partial charge in [-0.2, -0.15) is 0 Å². The minimum Gasteiger partial charge on any atom is -0.383 e. The Morgan fingerprint density at radius 3 is 2.27 bits per heavy atom. The Balaban J connectivity index is 1.91. The molecule has 0 bridgehead atoms. The molecule has 0 unspecified atom stereocenters. The zero-order valence-corrected chi connectivity index (χ0v) is 15.9. The van der Waals surface area contributed by atoms with Gasteiger partial charge in [-0.15, -0.1) is 0 Å². The molecule has 6 nitrogen and oxygen atoms in total. The lowest BCUT2D eigenvalue weighted by Gasteiger charge is -2.09. The van der Waals surface area contributed by atoms with Crippen molar-refractivity contribution in [3.63, 3.8) is 0 Å². The highest BCUT2D eigenvalue weighted by atomic mass is 35.5. The number of ether oxygens (including phenoxy) is 1. The summed E-state index contributed by atoms with van der Waals surface area (Å²) in [6, 6.07) is 13.4. The predicted octanol–water partition coefficient (Wildman–Crippen LogP) is 2.59. The van der Waals surface area contributed by atoms with Crippen LogP contribution in [0.4, 0.5) is 5.69 Å². The molecule has 2 aromatic carbocycles. The monoisotopic (exact) mass is 396 g/mol. The Hall–Kier alpha value is -2.09. The average Bonchev–Trinajstić information content (AvgIpc) is 2.58. The third-order valence-corrected chi connectivity index (χ3v) is 5.00. The second kappa shape index (κ2) is 9.56. The maximum absolute atomic E-state index is 12.2. The van der Waals surface area contributed by atoms with Gasteiger partial charge < -0.3 is 10.1 Å². The van der Waals surface area contributed by atoms with Crippen molar-refractivity contribution >= 4 is 33.2 Å². The predicted molar refractivity (Wildman–Crippen MR) is 103 cm³/mol. The van der Waals surface area contributed by atoms with Gasteiger partial charge in [0.1, 0.15) is 0 Å². The summed E-state index contributed by atoms with van der Waals surface area (Å²) in [6.07, 6.45) is 0.224. The van der Waals surface area contributed by atoms with E-state index in [1.807, 2.05) is 0 Å². The van der Waals surface area contributed by atoms with Crippen molar-refractivity contribution in [2.75, 3.05) is 25.0 Å². The van der Waals surface area contributed by atoms with Gasteiger partial charge >= 0.3 is 0 Å². The number of amides is 1. The smallest absolute Gasteiger partial charge is 0.236 e. The molecule has 0 aliphatic heterocycles. The van der Waals surface area contributed by atoms with Crippen molar-refractivity contribution in [3.8, 4) is 0 Å². The third kappa shape index (κ3) is 7.03. The van der Waals surface area contributed by atoms with E-state index in [1.54, 1.807) is 55.6 Å². The molecule has 2 aromatic rings. The van der Waals surface area contributed by atoms with E-state index < -0.39 is 10.0 Å². The molecule has 26 heavy (non-hydrogen) atoms. The first kappa shape index (κ1) is 20.2. The Morgan fingerprint density at radius 1 is 1.04 bits per heavy atom. The number of nitrogens with one attached hydrogen (secondary N) is 2. The summed E-state index contributed by atoms with van der Waals surface area (Å²) in [4.78, 5) is 11.7. The summed E-state index contributed by atoms with van der Waals surface area (Å²) < 4.78 is 31.9. The largest absolute Gasteiger partial charge is 0.383 e. The first-order valence-corrected chi connectivity index (χ1v) is 10.0. The van der Waals surface area contributed by atoms with Crippen LogP contribution in [0.2, 0.25) is 5.02 Å². The molecule has 0 radical (unpaired) electrons. The maximum atomic E-state index is 12.2. The molecule has 2 rings (SSSR count). The molecule has 0 spiro atoms. The number of rotatable bonds is 9. The van der Waals surface area contributed by atoms with Gasteiger partial charge in [0.25, 0.3) is 0 Å². The second-order valence-electron chi connectivity index (χ2n) is 5.70. The fraction of sp³-hybridized carbons (Fsp3) is 0.278. The van der Waals surface area contributed by atoms with Crippen LogP contribution in [0.5, 0.6) is 0 Å². The number of carbonyl (C=O) groups excluding carboxylic acids is 1. The van der Waals surface area contributed by atoms with Crippen LogP contribution >= 0.6 is 11.6 Å². The zero-order valence-electron chi connectivity index (χ0n) is 14.4. The van der Waals surface area contributed by atoms with Crippen LogP contribution < -0.4 is 10.0 Å². The summed E-state index contributed by atoms with van der Waals surface area (Å²) >= 11 is 5.80. The van der Waals surface area contributed by atoms with E-state index in [-0.39, 0.29) is 18.1 Å². The maximum Gasteiger partial charge on any atom is 0.236 e. The first-order valence-electron chi connectivity index (χ1n) is 7.97. The molecule has 2 N–H and O–H groups in total. The van der Waals surface area contributed by atoms with Gasteiger partial charge in [0.2, 0.25) is 15.9 Å². The second-order valence-corrected chi connectivity index (χ2v) is 7.86. The summed E-state index contributed by atoms with van der Waals surface area (Å²) in [7, 11) is -1.97. The van der Waals surface area contributed by atoms with Crippen LogP contribution in [0.25, 0.3) is 0 Å². The van der Waals surface area contributed by atoms with E-state index in [1.165, 1.54) is 0 Å². The molecule has 0 saturated carbocycles. The van der Waals surface area contributed by atoms with Crippen LogP contribution in [-0.2, 0) is 31.7 Å².